The molecule has 0 aromatic carbocycles. The maximum Gasteiger partial charge on any atom is 0.234 e. The largest absolute Gasteiger partial charge is 0.316 e. The topological polar surface area (TPSA) is 55.1 Å². The van der Waals surface area contributed by atoms with Crippen LogP contribution in [-0.2, 0) is 6.42 Å². The van der Waals surface area contributed by atoms with Crippen LogP contribution in [0.15, 0.2) is 0 Å². The lowest BCUT2D eigenvalue weighted by molar-refractivity contribution is 0.562. The first-order valence-corrected chi connectivity index (χ1v) is 6.53. The fraction of sp³-hybridized carbons (Fsp3) is 0.700. The van der Waals surface area contributed by atoms with E-state index < -0.39 is 0 Å². The summed E-state index contributed by atoms with van der Waals surface area (Å²) in [6.45, 7) is 6.47. The zero-order chi connectivity index (χ0) is 11.1. The summed E-state index contributed by atoms with van der Waals surface area (Å²) in [6.07, 6.45) is 0.878. The van der Waals surface area contributed by atoms with E-state index in [9.17, 15) is 0 Å². The van der Waals surface area contributed by atoms with Crippen molar-refractivity contribution >= 4 is 16.3 Å². The molecule has 0 radical (unpaired) electrons. The molecule has 86 valence electrons. The van der Waals surface area contributed by atoms with Crippen molar-refractivity contribution < 1.29 is 0 Å². The van der Waals surface area contributed by atoms with Crippen LogP contribution in [0.4, 0.5) is 0 Å². The summed E-state index contributed by atoms with van der Waals surface area (Å²) < 4.78 is 1.89. The molecule has 3 heterocycles. The number of nitrogens with zero attached hydrogens (tertiary/aromatic N) is 4. The van der Waals surface area contributed by atoms with E-state index in [4.69, 9.17) is 0 Å². The molecule has 2 aromatic rings. The number of hydrogen-bond acceptors (Lipinski definition) is 5. The normalized spacial score (nSPS) is 25.6. The molecule has 1 fully saturated rings. The zero-order valence-corrected chi connectivity index (χ0v) is 10.3. The van der Waals surface area contributed by atoms with Crippen LogP contribution in [-0.4, -0.2) is 32.9 Å². The third kappa shape index (κ3) is 1.44. The SMILES string of the molecule is CCc1nnc2sc([C@@H]3CNC[C@H]3C)nn12. The van der Waals surface area contributed by atoms with Crippen LogP contribution in [0.3, 0.4) is 0 Å². The Balaban J connectivity index is 2.01. The third-order valence-electron chi connectivity index (χ3n) is 3.22. The Labute approximate surface area is 97.9 Å². The highest BCUT2D eigenvalue weighted by Crippen LogP contribution is 2.30. The third-order valence-corrected chi connectivity index (χ3v) is 4.25. The highest BCUT2D eigenvalue weighted by atomic mass is 32.1. The molecule has 0 spiro atoms. The van der Waals surface area contributed by atoms with Crippen LogP contribution in [0.1, 0.15) is 30.6 Å². The quantitative estimate of drug-likeness (QED) is 0.849. The summed E-state index contributed by atoms with van der Waals surface area (Å²) in [5.41, 5.74) is 0. The van der Waals surface area contributed by atoms with Gasteiger partial charge in [0.2, 0.25) is 4.96 Å². The van der Waals surface area contributed by atoms with Gasteiger partial charge in [-0.2, -0.15) is 9.61 Å². The van der Waals surface area contributed by atoms with Gasteiger partial charge in [-0.1, -0.05) is 25.2 Å². The average molecular weight is 237 g/mol. The Bertz CT molecular complexity index is 502. The van der Waals surface area contributed by atoms with E-state index in [1.165, 1.54) is 5.01 Å². The lowest BCUT2D eigenvalue weighted by atomic mass is 9.99. The molecule has 1 aliphatic rings. The fourth-order valence-corrected chi connectivity index (χ4v) is 3.27. The van der Waals surface area contributed by atoms with Crippen molar-refractivity contribution in [2.45, 2.75) is 26.2 Å². The van der Waals surface area contributed by atoms with E-state index in [-0.39, 0.29) is 0 Å². The molecule has 2 aromatic heterocycles. The highest BCUT2D eigenvalue weighted by molar-refractivity contribution is 7.16. The van der Waals surface area contributed by atoms with Gasteiger partial charge in [-0.05, 0) is 12.5 Å². The van der Waals surface area contributed by atoms with Crippen molar-refractivity contribution in [2.75, 3.05) is 13.1 Å². The maximum absolute atomic E-state index is 4.65. The first kappa shape index (κ1) is 10.2. The molecule has 16 heavy (non-hydrogen) atoms. The molecule has 2 atom stereocenters. The lowest BCUT2D eigenvalue weighted by Gasteiger charge is -2.08. The molecular weight excluding hydrogens is 222 g/mol. The van der Waals surface area contributed by atoms with Gasteiger partial charge in [0.05, 0.1) is 0 Å². The van der Waals surface area contributed by atoms with Gasteiger partial charge in [-0.25, -0.2) is 0 Å². The Hall–Kier alpha value is -1.01. The standard InChI is InChI=1S/C10H15N5S/c1-3-8-12-13-10-15(8)14-9(16-10)7-5-11-4-6(7)2/h6-7,11H,3-5H2,1-2H3/t6-,7-/m1/s1. The van der Waals surface area contributed by atoms with E-state index in [1.807, 2.05) is 4.52 Å². The van der Waals surface area contributed by atoms with Gasteiger partial charge >= 0.3 is 0 Å². The molecule has 1 N–H and O–H groups in total. The number of hydrogen-bond donors (Lipinski definition) is 1. The molecular formula is C10H15N5S. The number of aryl methyl sites for hydroxylation is 1. The summed E-state index contributed by atoms with van der Waals surface area (Å²) in [7, 11) is 0. The van der Waals surface area contributed by atoms with Gasteiger partial charge in [0.1, 0.15) is 5.01 Å². The minimum absolute atomic E-state index is 0.538. The van der Waals surface area contributed by atoms with Crippen molar-refractivity contribution in [3.05, 3.63) is 10.8 Å². The second-order valence-electron chi connectivity index (χ2n) is 4.35. The van der Waals surface area contributed by atoms with E-state index in [2.05, 4.69) is 34.5 Å². The van der Waals surface area contributed by atoms with Gasteiger partial charge in [0, 0.05) is 18.9 Å². The van der Waals surface area contributed by atoms with E-state index in [1.54, 1.807) is 11.3 Å². The average Bonchev–Trinajstić information content (AvgIpc) is 2.90. The smallest absolute Gasteiger partial charge is 0.234 e. The number of nitrogens with one attached hydrogen (secondary N) is 1. The van der Waals surface area contributed by atoms with Crippen LogP contribution < -0.4 is 5.32 Å². The van der Waals surface area contributed by atoms with Crippen molar-refractivity contribution in [1.82, 2.24) is 25.1 Å². The monoisotopic (exact) mass is 237 g/mol. The predicted molar refractivity (Wildman–Crippen MR) is 62.8 cm³/mol. The summed E-state index contributed by atoms with van der Waals surface area (Å²) in [4.78, 5) is 0.922. The summed E-state index contributed by atoms with van der Waals surface area (Å²) in [6, 6.07) is 0. The van der Waals surface area contributed by atoms with Crippen LogP contribution in [0.25, 0.3) is 4.96 Å². The molecule has 0 bridgehead atoms. The van der Waals surface area contributed by atoms with Crippen LogP contribution in [0.5, 0.6) is 0 Å². The van der Waals surface area contributed by atoms with Gasteiger partial charge in [0.25, 0.3) is 0 Å². The van der Waals surface area contributed by atoms with Crippen molar-refractivity contribution in [3.8, 4) is 0 Å². The second-order valence-corrected chi connectivity index (χ2v) is 5.33. The summed E-state index contributed by atoms with van der Waals surface area (Å²) in [5, 5.41) is 17.5. The lowest BCUT2D eigenvalue weighted by Crippen LogP contribution is -2.08. The molecule has 1 saturated heterocycles. The zero-order valence-electron chi connectivity index (χ0n) is 9.47. The molecule has 5 nitrogen and oxygen atoms in total. The van der Waals surface area contributed by atoms with E-state index in [0.717, 1.165) is 30.3 Å². The Kier molecular flexibility index (Phi) is 2.40. The summed E-state index contributed by atoms with van der Waals surface area (Å²) >= 11 is 1.67. The maximum atomic E-state index is 4.65. The van der Waals surface area contributed by atoms with Crippen molar-refractivity contribution in [1.29, 1.82) is 0 Å². The number of aromatic nitrogens is 4. The van der Waals surface area contributed by atoms with E-state index in [0.29, 0.717) is 11.8 Å². The van der Waals surface area contributed by atoms with Crippen LogP contribution >= 0.6 is 11.3 Å². The Morgan fingerprint density at radius 2 is 2.31 bits per heavy atom. The number of rotatable bonds is 2. The first-order chi connectivity index (χ1) is 7.79. The molecule has 1 aliphatic heterocycles. The van der Waals surface area contributed by atoms with Gasteiger partial charge in [-0.15, -0.1) is 10.2 Å². The predicted octanol–water partition coefficient (Wildman–Crippen LogP) is 1.07. The van der Waals surface area contributed by atoms with Gasteiger partial charge < -0.3 is 5.32 Å². The second kappa shape index (κ2) is 3.78. The minimum Gasteiger partial charge on any atom is -0.316 e. The molecule has 0 saturated carbocycles. The minimum atomic E-state index is 0.538. The first-order valence-electron chi connectivity index (χ1n) is 5.71. The Morgan fingerprint density at radius 3 is 3.00 bits per heavy atom. The van der Waals surface area contributed by atoms with Crippen LogP contribution in [0.2, 0.25) is 0 Å². The molecule has 0 unspecified atom stereocenters. The highest BCUT2D eigenvalue weighted by Gasteiger charge is 2.28. The van der Waals surface area contributed by atoms with Crippen molar-refractivity contribution in [2.24, 2.45) is 5.92 Å². The molecule has 0 aliphatic carbocycles. The summed E-state index contributed by atoms with van der Waals surface area (Å²) in [5.74, 6) is 2.15. The Morgan fingerprint density at radius 1 is 1.44 bits per heavy atom. The van der Waals surface area contributed by atoms with Gasteiger partial charge in [-0.3, -0.25) is 0 Å². The van der Waals surface area contributed by atoms with Crippen molar-refractivity contribution in [3.63, 3.8) is 0 Å². The fourth-order valence-electron chi connectivity index (χ4n) is 2.18. The van der Waals surface area contributed by atoms with E-state index >= 15 is 0 Å². The molecule has 3 rings (SSSR count). The van der Waals surface area contributed by atoms with Gasteiger partial charge in [0.15, 0.2) is 5.82 Å². The van der Waals surface area contributed by atoms with Crippen LogP contribution in [0, 0.1) is 5.92 Å². The molecule has 6 heteroatoms. The molecule has 0 amide bonds. The number of fused-ring (bicyclic) bond motifs is 1.